The zero-order chi connectivity index (χ0) is 29.7. The van der Waals surface area contributed by atoms with Crippen LogP contribution >= 0.6 is 0 Å². The van der Waals surface area contributed by atoms with E-state index in [2.05, 4.69) is 5.32 Å². The Balaban J connectivity index is 2.01. The number of amides is 2. The molecule has 2 bridgehead atoms. The predicted octanol–water partition coefficient (Wildman–Crippen LogP) is 1.23. The lowest BCUT2D eigenvalue weighted by molar-refractivity contribution is -0.120. The van der Waals surface area contributed by atoms with Crippen molar-refractivity contribution in [3.63, 3.8) is 0 Å². The second-order valence-corrected chi connectivity index (χ2v) is 10.3. The summed E-state index contributed by atoms with van der Waals surface area (Å²) in [5, 5.41) is 13.6. The Labute approximate surface area is 233 Å². The summed E-state index contributed by atoms with van der Waals surface area (Å²) < 4.78 is 27.4. The molecule has 8 atom stereocenters. The molecule has 2 aliphatic heterocycles. The van der Waals surface area contributed by atoms with Crippen molar-refractivity contribution in [2.24, 2.45) is 17.6 Å². The maximum atomic E-state index is 13.3. The van der Waals surface area contributed by atoms with Crippen molar-refractivity contribution in [1.82, 2.24) is 5.32 Å². The monoisotopic (exact) mass is 562 g/mol. The first-order valence-corrected chi connectivity index (χ1v) is 13.0. The lowest BCUT2D eigenvalue weighted by Gasteiger charge is -2.29. The van der Waals surface area contributed by atoms with Gasteiger partial charge in [0, 0.05) is 37.4 Å². The maximum absolute atomic E-state index is 13.3. The fourth-order valence-corrected chi connectivity index (χ4v) is 5.00. The van der Waals surface area contributed by atoms with E-state index in [1.165, 1.54) is 21.3 Å². The summed E-state index contributed by atoms with van der Waals surface area (Å²) >= 11 is 0. The number of carbonyl (C=O) groups is 4. The molecule has 40 heavy (non-hydrogen) atoms. The summed E-state index contributed by atoms with van der Waals surface area (Å²) in [5.74, 6) is -2.42. The van der Waals surface area contributed by atoms with E-state index in [9.17, 15) is 24.3 Å². The maximum Gasteiger partial charge on any atom is 0.405 e. The van der Waals surface area contributed by atoms with Crippen molar-refractivity contribution < 1.29 is 48.0 Å². The standard InChI is InChI=1S/C28H38N2O10/c1-13-9-16-23(33)17(12-18(31)24(16)37-5)30-27(34)15(3)11-21-26(39-21)25(38-6)19(40-28(29)35)8-7-14(2)22(32)20(10-13)36-4/h7-8,11-14,19-22,25-26,32H,9-10H2,1-6H3,(H2,29,35)(H,30,34)/b8-7-,15-11+/t13-,14+,19+,20+,21-,22-,25-,26-/m1/s1. The number of nitrogens with two attached hydrogens (primary N) is 1. The number of carbonyl (C=O) groups excluding carboxylic acids is 4. The van der Waals surface area contributed by atoms with Gasteiger partial charge in [-0.3, -0.25) is 14.4 Å². The minimum absolute atomic E-state index is 0.0841. The molecule has 2 amide bonds. The van der Waals surface area contributed by atoms with E-state index in [0.717, 1.165) is 6.08 Å². The Morgan fingerprint density at radius 2 is 1.82 bits per heavy atom. The van der Waals surface area contributed by atoms with E-state index in [0.29, 0.717) is 6.42 Å². The van der Waals surface area contributed by atoms with Crippen molar-refractivity contribution in [3.05, 3.63) is 46.9 Å². The molecular formula is C28H38N2O10. The average molecular weight is 563 g/mol. The van der Waals surface area contributed by atoms with Gasteiger partial charge in [0.25, 0.3) is 5.91 Å². The van der Waals surface area contributed by atoms with E-state index in [1.807, 2.05) is 6.92 Å². The second-order valence-electron chi connectivity index (χ2n) is 10.3. The van der Waals surface area contributed by atoms with Crippen LogP contribution < -0.4 is 11.1 Å². The van der Waals surface area contributed by atoms with Gasteiger partial charge in [0.1, 0.15) is 18.3 Å². The van der Waals surface area contributed by atoms with Gasteiger partial charge in [-0.1, -0.05) is 19.9 Å². The van der Waals surface area contributed by atoms with E-state index >= 15 is 0 Å². The highest BCUT2D eigenvalue weighted by atomic mass is 16.6. The smallest absolute Gasteiger partial charge is 0.405 e. The molecule has 12 nitrogen and oxygen atoms in total. The molecule has 0 unspecified atom stereocenters. The summed E-state index contributed by atoms with van der Waals surface area (Å²) in [4.78, 5) is 50.7. The number of fused-ring (bicyclic) bond motifs is 3. The summed E-state index contributed by atoms with van der Waals surface area (Å²) in [7, 11) is 4.20. The second kappa shape index (κ2) is 13.4. The Morgan fingerprint density at radius 3 is 2.42 bits per heavy atom. The van der Waals surface area contributed by atoms with Crippen LogP contribution in [0, 0.1) is 11.8 Å². The summed E-state index contributed by atoms with van der Waals surface area (Å²) in [5.41, 5.74) is 5.50. The lowest BCUT2D eigenvalue weighted by atomic mass is 9.86. The van der Waals surface area contributed by atoms with Crippen LogP contribution in [0.2, 0.25) is 0 Å². The molecular weight excluding hydrogens is 524 g/mol. The van der Waals surface area contributed by atoms with Crippen LogP contribution in [-0.4, -0.2) is 86.6 Å². The van der Waals surface area contributed by atoms with Crippen LogP contribution in [0.3, 0.4) is 0 Å². The molecule has 0 spiro atoms. The largest absolute Gasteiger partial charge is 0.492 e. The summed E-state index contributed by atoms with van der Waals surface area (Å²) in [6.45, 7) is 5.17. The number of hydrogen-bond donors (Lipinski definition) is 3. The van der Waals surface area contributed by atoms with Crippen molar-refractivity contribution in [2.45, 2.75) is 70.2 Å². The Kier molecular flexibility index (Phi) is 10.4. The topological polar surface area (TPSA) is 176 Å². The van der Waals surface area contributed by atoms with Gasteiger partial charge in [0.15, 0.2) is 11.9 Å². The molecule has 1 aliphatic carbocycles. The van der Waals surface area contributed by atoms with Crippen LogP contribution in [0.25, 0.3) is 0 Å². The highest BCUT2D eigenvalue weighted by Crippen LogP contribution is 2.33. The van der Waals surface area contributed by atoms with Gasteiger partial charge in [-0.05, 0) is 37.8 Å². The Hall–Kier alpha value is -3.32. The number of hydrogen-bond acceptors (Lipinski definition) is 10. The van der Waals surface area contributed by atoms with Crippen molar-refractivity contribution in [3.8, 4) is 0 Å². The highest BCUT2D eigenvalue weighted by molar-refractivity contribution is 6.23. The number of epoxide rings is 1. The predicted molar refractivity (Wildman–Crippen MR) is 141 cm³/mol. The molecule has 1 fully saturated rings. The molecule has 0 radical (unpaired) electrons. The van der Waals surface area contributed by atoms with E-state index < -0.39 is 66.1 Å². The SMILES string of the molecule is COC1=C2C[C@@H](C)C[C@H](OC)[C@H](O)[C@@H](C)/C=C\[C@H](OC(N)=O)[C@@H](OC)[C@@H]3O[C@@H]3/C=C(\C)C(=O)NC(=CC1=O)C2=O. The Morgan fingerprint density at radius 1 is 1.12 bits per heavy atom. The van der Waals surface area contributed by atoms with E-state index in [-0.39, 0.29) is 34.9 Å². The van der Waals surface area contributed by atoms with Crippen LogP contribution in [0.1, 0.15) is 33.6 Å². The van der Waals surface area contributed by atoms with Gasteiger partial charge in [-0.15, -0.1) is 0 Å². The third-order valence-corrected chi connectivity index (χ3v) is 7.26. The number of aliphatic hydroxyl groups excluding tert-OH is 1. The van der Waals surface area contributed by atoms with Crippen LogP contribution in [0.15, 0.2) is 46.9 Å². The van der Waals surface area contributed by atoms with Crippen molar-refractivity contribution >= 4 is 23.6 Å². The van der Waals surface area contributed by atoms with Gasteiger partial charge >= 0.3 is 6.09 Å². The number of ether oxygens (including phenoxy) is 5. The first-order valence-electron chi connectivity index (χ1n) is 13.0. The minimum atomic E-state index is -1.02. The first-order chi connectivity index (χ1) is 18.9. The normalized spacial score (nSPS) is 36.0. The van der Waals surface area contributed by atoms with Gasteiger partial charge in [-0.2, -0.15) is 0 Å². The number of methoxy groups -OCH3 is 3. The van der Waals surface area contributed by atoms with Crippen LogP contribution in [0.4, 0.5) is 4.79 Å². The van der Waals surface area contributed by atoms with E-state index in [4.69, 9.17) is 29.4 Å². The molecule has 3 aliphatic rings. The van der Waals surface area contributed by atoms with Gasteiger partial charge in [-0.25, -0.2) is 4.79 Å². The molecule has 0 aromatic carbocycles. The number of nitrogens with one attached hydrogen (secondary N) is 1. The highest BCUT2D eigenvalue weighted by Gasteiger charge is 2.48. The molecule has 3 rings (SSSR count). The number of allylic oxidation sites excluding steroid dienone is 2. The third kappa shape index (κ3) is 7.25. The fourth-order valence-electron chi connectivity index (χ4n) is 5.00. The molecule has 0 saturated carbocycles. The number of primary amides is 1. The molecule has 220 valence electrons. The van der Waals surface area contributed by atoms with Gasteiger partial charge in [0.05, 0.1) is 25.0 Å². The zero-order valence-electron chi connectivity index (χ0n) is 23.5. The zero-order valence-corrected chi connectivity index (χ0v) is 23.5. The van der Waals surface area contributed by atoms with Crippen LogP contribution in [0.5, 0.6) is 0 Å². The van der Waals surface area contributed by atoms with Crippen molar-refractivity contribution in [2.75, 3.05) is 21.3 Å². The molecule has 12 heteroatoms. The number of ketones is 2. The Bertz CT molecular complexity index is 1140. The number of Topliss-reactive ketones (excluding diaryl/α,β-unsaturated/α-hetero) is 1. The molecule has 4 N–H and O–H groups in total. The third-order valence-electron chi connectivity index (χ3n) is 7.26. The van der Waals surface area contributed by atoms with Crippen LogP contribution in [-0.2, 0) is 38.1 Å². The number of aliphatic hydroxyl groups is 1. The minimum Gasteiger partial charge on any atom is -0.492 e. The average Bonchev–Trinajstić information content (AvgIpc) is 3.65. The van der Waals surface area contributed by atoms with E-state index in [1.54, 1.807) is 32.1 Å². The molecule has 2 heterocycles. The number of rotatable bonds is 4. The quantitative estimate of drug-likeness (QED) is 0.257. The summed E-state index contributed by atoms with van der Waals surface area (Å²) in [6, 6.07) is 0. The lowest BCUT2D eigenvalue weighted by Crippen LogP contribution is -2.38. The first kappa shape index (κ1) is 31.2. The summed E-state index contributed by atoms with van der Waals surface area (Å²) in [6.07, 6.45) is 0.869. The van der Waals surface area contributed by atoms with Crippen molar-refractivity contribution in [1.29, 1.82) is 0 Å². The van der Waals surface area contributed by atoms with Gasteiger partial charge < -0.3 is 39.8 Å². The van der Waals surface area contributed by atoms with Gasteiger partial charge in [0.2, 0.25) is 11.6 Å². The molecule has 0 aromatic heterocycles. The molecule has 1 saturated heterocycles. The molecule has 0 aromatic rings. The fraction of sp³-hybridized carbons (Fsp3) is 0.571.